The SMILES string of the molecule is C[NH+]1CCC(Oc2ccccc2Sc2ccccc2)CC1. The van der Waals surface area contributed by atoms with Crippen molar-refractivity contribution in [2.45, 2.75) is 28.7 Å². The van der Waals surface area contributed by atoms with Crippen LogP contribution < -0.4 is 9.64 Å². The highest BCUT2D eigenvalue weighted by molar-refractivity contribution is 7.99. The summed E-state index contributed by atoms with van der Waals surface area (Å²) in [5.74, 6) is 1.02. The second-order valence-corrected chi connectivity index (χ2v) is 6.75. The van der Waals surface area contributed by atoms with Gasteiger partial charge in [-0.05, 0) is 24.3 Å². The molecular formula is C18H22NOS+. The van der Waals surface area contributed by atoms with Crippen LogP contribution in [0.3, 0.4) is 0 Å². The first-order valence-electron chi connectivity index (χ1n) is 7.61. The van der Waals surface area contributed by atoms with Crippen LogP contribution in [0, 0.1) is 0 Å². The average Bonchev–Trinajstić information content (AvgIpc) is 2.52. The zero-order chi connectivity index (χ0) is 14.5. The number of benzene rings is 2. The largest absolute Gasteiger partial charge is 0.489 e. The van der Waals surface area contributed by atoms with Crippen LogP contribution in [-0.4, -0.2) is 26.2 Å². The van der Waals surface area contributed by atoms with E-state index in [1.807, 2.05) is 6.07 Å². The number of ether oxygens (including phenoxy) is 1. The molecule has 2 nitrogen and oxygen atoms in total. The Balaban J connectivity index is 1.70. The number of piperidine rings is 1. The van der Waals surface area contributed by atoms with E-state index >= 15 is 0 Å². The van der Waals surface area contributed by atoms with E-state index < -0.39 is 0 Å². The van der Waals surface area contributed by atoms with Gasteiger partial charge in [-0.25, -0.2) is 0 Å². The van der Waals surface area contributed by atoms with Gasteiger partial charge in [-0.3, -0.25) is 0 Å². The maximum atomic E-state index is 6.27. The number of nitrogens with one attached hydrogen (secondary N) is 1. The van der Waals surface area contributed by atoms with E-state index in [2.05, 4.69) is 55.6 Å². The molecule has 1 aliphatic rings. The lowest BCUT2D eigenvalue weighted by molar-refractivity contribution is -0.885. The van der Waals surface area contributed by atoms with Crippen molar-refractivity contribution in [2.24, 2.45) is 0 Å². The third-order valence-corrected chi connectivity index (χ3v) is 4.97. The molecule has 1 heterocycles. The lowest BCUT2D eigenvalue weighted by atomic mass is 10.1. The summed E-state index contributed by atoms with van der Waals surface area (Å²) in [5.41, 5.74) is 0. The predicted octanol–water partition coefficient (Wildman–Crippen LogP) is 2.89. The Kier molecular flexibility index (Phi) is 4.84. The van der Waals surface area contributed by atoms with Gasteiger partial charge >= 0.3 is 0 Å². The van der Waals surface area contributed by atoms with Gasteiger partial charge in [0.1, 0.15) is 11.9 Å². The minimum absolute atomic E-state index is 0.367. The molecule has 0 aromatic heterocycles. The van der Waals surface area contributed by atoms with Crippen LogP contribution in [0.4, 0.5) is 0 Å². The van der Waals surface area contributed by atoms with Gasteiger partial charge in [0, 0.05) is 17.7 Å². The summed E-state index contributed by atoms with van der Waals surface area (Å²) in [6, 6.07) is 18.9. The molecule has 1 N–H and O–H groups in total. The number of hydrogen-bond acceptors (Lipinski definition) is 2. The van der Waals surface area contributed by atoms with Gasteiger partial charge in [-0.1, -0.05) is 42.1 Å². The first-order valence-corrected chi connectivity index (χ1v) is 8.43. The monoisotopic (exact) mass is 300 g/mol. The van der Waals surface area contributed by atoms with Crippen LogP contribution in [0.25, 0.3) is 0 Å². The van der Waals surface area contributed by atoms with Crippen molar-refractivity contribution >= 4 is 11.8 Å². The molecule has 110 valence electrons. The van der Waals surface area contributed by atoms with Crippen LogP contribution in [0.15, 0.2) is 64.4 Å². The number of hydrogen-bond donors (Lipinski definition) is 1. The van der Waals surface area contributed by atoms with Gasteiger partial charge in [-0.15, -0.1) is 0 Å². The Bertz CT molecular complexity index is 564. The predicted molar refractivity (Wildman–Crippen MR) is 87.3 cm³/mol. The number of rotatable bonds is 4. The van der Waals surface area contributed by atoms with Crippen molar-refractivity contribution in [1.82, 2.24) is 0 Å². The quantitative estimate of drug-likeness (QED) is 0.933. The second-order valence-electron chi connectivity index (χ2n) is 5.64. The van der Waals surface area contributed by atoms with Crippen molar-refractivity contribution in [3.05, 3.63) is 54.6 Å². The zero-order valence-electron chi connectivity index (χ0n) is 12.4. The highest BCUT2D eigenvalue weighted by atomic mass is 32.2. The molecule has 0 bridgehead atoms. The molecule has 0 atom stereocenters. The van der Waals surface area contributed by atoms with Crippen molar-refractivity contribution < 1.29 is 9.64 Å². The minimum Gasteiger partial charge on any atom is -0.489 e. The average molecular weight is 300 g/mol. The first-order chi connectivity index (χ1) is 10.3. The molecule has 0 spiro atoms. The van der Waals surface area contributed by atoms with Crippen LogP contribution in [0.2, 0.25) is 0 Å². The molecule has 3 heteroatoms. The molecule has 0 amide bonds. The number of quaternary nitrogens is 1. The molecule has 1 aliphatic heterocycles. The minimum atomic E-state index is 0.367. The molecular weight excluding hydrogens is 278 g/mol. The standard InChI is InChI=1S/C18H21NOS/c1-19-13-11-15(12-14-19)20-17-9-5-6-10-18(17)21-16-7-3-2-4-8-16/h2-10,15H,11-14H2,1H3/p+1. The highest BCUT2D eigenvalue weighted by Gasteiger charge is 2.21. The van der Waals surface area contributed by atoms with Crippen molar-refractivity contribution in [3.63, 3.8) is 0 Å². The summed E-state index contributed by atoms with van der Waals surface area (Å²) in [5, 5.41) is 0. The Hall–Kier alpha value is -1.45. The Morgan fingerprint density at radius 2 is 1.62 bits per heavy atom. The van der Waals surface area contributed by atoms with E-state index in [1.54, 1.807) is 16.7 Å². The van der Waals surface area contributed by atoms with Crippen LogP contribution in [-0.2, 0) is 0 Å². The fourth-order valence-electron chi connectivity index (χ4n) is 2.63. The Morgan fingerprint density at radius 3 is 2.38 bits per heavy atom. The Labute approximate surface area is 131 Å². The summed E-state index contributed by atoms with van der Waals surface area (Å²) >= 11 is 1.77. The molecule has 21 heavy (non-hydrogen) atoms. The molecule has 1 saturated heterocycles. The highest BCUT2D eigenvalue weighted by Crippen LogP contribution is 2.35. The number of para-hydroxylation sites is 1. The van der Waals surface area contributed by atoms with Gasteiger partial charge in [0.2, 0.25) is 0 Å². The number of likely N-dealkylation sites (tertiary alicyclic amines) is 1. The maximum absolute atomic E-state index is 6.27. The third-order valence-electron chi connectivity index (χ3n) is 3.90. The van der Waals surface area contributed by atoms with E-state index in [9.17, 15) is 0 Å². The van der Waals surface area contributed by atoms with Gasteiger partial charge in [-0.2, -0.15) is 0 Å². The normalized spacial score (nSPS) is 22.0. The maximum Gasteiger partial charge on any atom is 0.133 e. The summed E-state index contributed by atoms with van der Waals surface area (Å²) in [6.45, 7) is 2.41. The molecule has 0 saturated carbocycles. The Morgan fingerprint density at radius 1 is 0.952 bits per heavy atom. The smallest absolute Gasteiger partial charge is 0.133 e. The van der Waals surface area contributed by atoms with E-state index in [-0.39, 0.29) is 0 Å². The zero-order valence-corrected chi connectivity index (χ0v) is 13.2. The van der Waals surface area contributed by atoms with Crippen LogP contribution in [0.1, 0.15) is 12.8 Å². The molecule has 0 radical (unpaired) electrons. The first kappa shape index (κ1) is 14.5. The molecule has 2 aromatic carbocycles. The molecule has 3 rings (SSSR count). The van der Waals surface area contributed by atoms with Crippen molar-refractivity contribution in [3.8, 4) is 5.75 Å². The van der Waals surface area contributed by atoms with E-state index in [0.717, 1.165) is 18.6 Å². The van der Waals surface area contributed by atoms with Gasteiger partial charge in [0.25, 0.3) is 0 Å². The van der Waals surface area contributed by atoms with E-state index in [1.165, 1.54) is 22.9 Å². The van der Waals surface area contributed by atoms with E-state index in [0.29, 0.717) is 6.10 Å². The molecule has 2 aromatic rings. The van der Waals surface area contributed by atoms with Gasteiger partial charge in [0.05, 0.1) is 25.0 Å². The van der Waals surface area contributed by atoms with Crippen molar-refractivity contribution in [2.75, 3.05) is 20.1 Å². The lowest BCUT2D eigenvalue weighted by Gasteiger charge is -2.27. The molecule has 0 aliphatic carbocycles. The van der Waals surface area contributed by atoms with Crippen LogP contribution in [0.5, 0.6) is 5.75 Å². The summed E-state index contributed by atoms with van der Waals surface area (Å²) in [7, 11) is 2.26. The second kappa shape index (κ2) is 7.01. The fraction of sp³-hybridized carbons (Fsp3) is 0.333. The summed E-state index contributed by atoms with van der Waals surface area (Å²) < 4.78 is 6.27. The van der Waals surface area contributed by atoms with E-state index in [4.69, 9.17) is 4.74 Å². The van der Waals surface area contributed by atoms with Gasteiger partial charge in [0.15, 0.2) is 0 Å². The lowest BCUT2D eigenvalue weighted by Crippen LogP contribution is -3.10. The van der Waals surface area contributed by atoms with Gasteiger partial charge < -0.3 is 9.64 Å². The third kappa shape index (κ3) is 4.02. The van der Waals surface area contributed by atoms with Crippen molar-refractivity contribution in [1.29, 1.82) is 0 Å². The topological polar surface area (TPSA) is 13.7 Å². The van der Waals surface area contributed by atoms with Crippen LogP contribution >= 0.6 is 11.8 Å². The molecule has 0 unspecified atom stereocenters. The fourth-order valence-corrected chi connectivity index (χ4v) is 3.54. The summed E-state index contributed by atoms with van der Waals surface area (Å²) in [6.07, 6.45) is 2.66. The molecule has 1 fully saturated rings. The summed E-state index contributed by atoms with van der Waals surface area (Å²) in [4.78, 5) is 4.07.